The molecule has 2 fully saturated rings. The van der Waals surface area contributed by atoms with Crippen LogP contribution >= 0.6 is 21.6 Å². The zero-order valence-electron chi connectivity index (χ0n) is 28.2. The van der Waals surface area contributed by atoms with Crippen molar-refractivity contribution in [3.63, 3.8) is 0 Å². The second-order valence-corrected chi connectivity index (χ2v) is 14.4. The zero-order chi connectivity index (χ0) is 39.0. The van der Waals surface area contributed by atoms with E-state index in [1.807, 2.05) is 0 Å². The van der Waals surface area contributed by atoms with Gasteiger partial charge >= 0.3 is 5.97 Å². The summed E-state index contributed by atoms with van der Waals surface area (Å²) in [5.41, 5.74) is 26.7. The number of aliphatic imine (C=N–C) groups is 1. The van der Waals surface area contributed by atoms with Crippen LogP contribution in [0.5, 0.6) is 0 Å². The number of carbonyl (C=O) groups excluding carboxylic acids is 8. The van der Waals surface area contributed by atoms with Crippen LogP contribution in [0.15, 0.2) is 4.99 Å². The number of nitrogens with zero attached hydrogens (tertiary/aromatic N) is 2. The molecule has 22 nitrogen and oxygen atoms in total. The first-order valence-corrected chi connectivity index (χ1v) is 18.6. The largest absolute Gasteiger partial charge is 0.480 e. The van der Waals surface area contributed by atoms with E-state index < -0.39 is 96.5 Å². The lowest BCUT2D eigenvalue weighted by Gasteiger charge is -2.30. The van der Waals surface area contributed by atoms with E-state index in [0.29, 0.717) is 6.42 Å². The molecule has 0 spiro atoms. The van der Waals surface area contributed by atoms with Crippen LogP contribution in [0.4, 0.5) is 0 Å². The van der Waals surface area contributed by atoms with Gasteiger partial charge in [-0.1, -0.05) is 21.6 Å². The van der Waals surface area contributed by atoms with Crippen LogP contribution in [0.3, 0.4) is 0 Å². The molecular formula is C28H46N12O10S2. The van der Waals surface area contributed by atoms with Gasteiger partial charge in [0, 0.05) is 31.0 Å². The first-order valence-electron chi connectivity index (χ1n) is 16.1. The summed E-state index contributed by atoms with van der Waals surface area (Å²) in [6, 6.07) is -7.33. The number of guanidine groups is 1. The number of carbonyl (C=O) groups is 9. The molecule has 0 unspecified atom stereocenters. The van der Waals surface area contributed by atoms with Crippen LogP contribution in [0.2, 0.25) is 0 Å². The summed E-state index contributed by atoms with van der Waals surface area (Å²) in [4.78, 5) is 118. The summed E-state index contributed by atoms with van der Waals surface area (Å²) in [6.07, 6.45) is 0.461. The molecule has 290 valence electrons. The SMILES string of the molecule is NC(=O)CNC(=O)[C@H](CCCN=C(N)N)NC(=O)[C@@H]1CCCN1C(=O)[C@H](CSSC[C@H](N)C(=O)O)NC(=O)[C@H](CC(N)=O)NC(=O)[C@@H]1CCC(=O)N1. The number of hydrogen-bond donors (Lipinski definition) is 11. The Hall–Kier alpha value is -4.84. The molecule has 2 aliphatic rings. The maximum Gasteiger partial charge on any atom is 0.321 e. The lowest BCUT2D eigenvalue weighted by atomic mass is 10.1. The van der Waals surface area contributed by atoms with Crippen molar-refractivity contribution in [2.75, 3.05) is 31.1 Å². The van der Waals surface area contributed by atoms with Crippen molar-refractivity contribution in [3.8, 4) is 0 Å². The highest BCUT2D eigenvalue weighted by molar-refractivity contribution is 8.76. The summed E-state index contributed by atoms with van der Waals surface area (Å²) in [6.45, 7) is -0.280. The van der Waals surface area contributed by atoms with Gasteiger partial charge < -0.3 is 65.3 Å². The van der Waals surface area contributed by atoms with E-state index in [4.69, 9.17) is 33.8 Å². The van der Waals surface area contributed by atoms with E-state index >= 15 is 0 Å². The number of rotatable bonds is 22. The summed E-state index contributed by atoms with van der Waals surface area (Å²) < 4.78 is 0. The first kappa shape index (κ1) is 43.3. The Morgan fingerprint density at radius 3 is 2.15 bits per heavy atom. The molecule has 0 aromatic heterocycles. The molecule has 0 saturated carbocycles. The minimum atomic E-state index is -1.54. The lowest BCUT2D eigenvalue weighted by Crippen LogP contribution is -2.59. The molecule has 52 heavy (non-hydrogen) atoms. The third kappa shape index (κ3) is 14.8. The van der Waals surface area contributed by atoms with Crippen molar-refractivity contribution >= 4 is 80.8 Å². The van der Waals surface area contributed by atoms with Gasteiger partial charge in [0.1, 0.15) is 36.3 Å². The number of aliphatic carboxylic acids is 1. The molecule has 2 saturated heterocycles. The highest BCUT2D eigenvalue weighted by Gasteiger charge is 2.40. The monoisotopic (exact) mass is 774 g/mol. The standard InChI is InChI=1S/C28H46N12O10S2/c29-13(27(49)50)11-51-52-12-17(39-24(46)16(9-19(30)41)38-23(45)15-5-6-21(43)36-15)26(48)40-8-2-4-18(40)25(47)37-14(3-1-7-34-28(32)33)22(44)35-10-20(31)42/h13-18H,1-12,29H2,(H2,30,41)(H2,31,42)(H,35,44)(H,36,43)(H,37,47)(H,38,45)(H,39,46)(H,49,50)(H4,32,33,34)/t13-,14-,15-,16-,17-,18-/m0/s1. The van der Waals surface area contributed by atoms with Crippen LogP contribution in [-0.2, 0) is 43.2 Å². The van der Waals surface area contributed by atoms with Gasteiger partial charge in [-0.2, -0.15) is 0 Å². The van der Waals surface area contributed by atoms with E-state index in [2.05, 4.69) is 31.6 Å². The summed E-state index contributed by atoms with van der Waals surface area (Å²) in [5, 5.41) is 21.4. The predicted octanol–water partition coefficient (Wildman–Crippen LogP) is -5.97. The van der Waals surface area contributed by atoms with Crippen molar-refractivity contribution in [1.82, 2.24) is 31.5 Å². The first-order chi connectivity index (χ1) is 24.5. The number of nitrogens with one attached hydrogen (secondary N) is 5. The zero-order valence-corrected chi connectivity index (χ0v) is 29.8. The van der Waals surface area contributed by atoms with Crippen molar-refractivity contribution in [1.29, 1.82) is 0 Å². The maximum absolute atomic E-state index is 14.0. The van der Waals surface area contributed by atoms with Crippen LogP contribution in [0.1, 0.15) is 44.9 Å². The molecule has 6 atom stereocenters. The topological polar surface area (TPSA) is 380 Å². The van der Waals surface area contributed by atoms with Gasteiger partial charge in [-0.3, -0.25) is 48.1 Å². The quantitative estimate of drug-likeness (QED) is 0.0211. The molecule has 0 radical (unpaired) electrons. The average Bonchev–Trinajstić information content (AvgIpc) is 3.74. The number of nitrogens with two attached hydrogens (primary N) is 5. The lowest BCUT2D eigenvalue weighted by molar-refractivity contribution is -0.142. The fraction of sp³-hybridized carbons (Fsp3) is 0.643. The fourth-order valence-corrected chi connectivity index (χ4v) is 7.36. The minimum Gasteiger partial charge on any atom is -0.480 e. The minimum absolute atomic E-state index is 0.0519. The molecule has 2 rings (SSSR count). The summed E-state index contributed by atoms with van der Waals surface area (Å²) >= 11 is 0. The predicted molar refractivity (Wildman–Crippen MR) is 188 cm³/mol. The van der Waals surface area contributed by atoms with E-state index in [9.17, 15) is 43.2 Å². The Bertz CT molecular complexity index is 1400. The highest BCUT2D eigenvalue weighted by Crippen LogP contribution is 2.25. The van der Waals surface area contributed by atoms with Gasteiger partial charge in [0.2, 0.25) is 47.3 Å². The number of carboxylic acids is 1. The Kier molecular flexibility index (Phi) is 17.9. The Morgan fingerprint density at radius 1 is 0.885 bits per heavy atom. The third-order valence-corrected chi connectivity index (χ3v) is 10.1. The molecule has 8 amide bonds. The fourth-order valence-electron chi connectivity index (χ4n) is 5.09. The number of primary amides is 2. The molecule has 2 aliphatic heterocycles. The van der Waals surface area contributed by atoms with E-state index in [-0.39, 0.29) is 68.6 Å². The smallest absolute Gasteiger partial charge is 0.321 e. The molecule has 0 aromatic carbocycles. The van der Waals surface area contributed by atoms with Crippen molar-refractivity contribution < 1.29 is 48.3 Å². The summed E-state index contributed by atoms with van der Waals surface area (Å²) in [7, 11) is 2.02. The number of hydrogen-bond acceptors (Lipinski definition) is 13. The second-order valence-electron chi connectivity index (χ2n) is 11.8. The van der Waals surface area contributed by atoms with Crippen molar-refractivity contribution in [3.05, 3.63) is 0 Å². The number of carboxylic acid groups (broad SMARTS) is 1. The van der Waals surface area contributed by atoms with Crippen molar-refractivity contribution in [2.45, 2.75) is 81.2 Å². The number of amides is 8. The van der Waals surface area contributed by atoms with Gasteiger partial charge in [0.25, 0.3) is 0 Å². The van der Waals surface area contributed by atoms with Crippen LogP contribution in [0.25, 0.3) is 0 Å². The normalized spacial score (nSPS) is 18.9. The number of likely N-dealkylation sites (tertiary alicyclic amines) is 1. The maximum atomic E-state index is 14.0. The van der Waals surface area contributed by atoms with E-state index in [1.165, 1.54) is 4.90 Å². The van der Waals surface area contributed by atoms with Gasteiger partial charge in [-0.15, -0.1) is 0 Å². The Labute approximate surface area is 306 Å². The summed E-state index contributed by atoms with van der Waals surface area (Å²) in [5.74, 6) is -7.63. The third-order valence-electron chi connectivity index (χ3n) is 7.70. The van der Waals surface area contributed by atoms with Crippen LogP contribution in [0, 0.1) is 0 Å². The molecule has 2 heterocycles. The average molecular weight is 775 g/mol. The van der Waals surface area contributed by atoms with Gasteiger partial charge in [-0.25, -0.2) is 0 Å². The molecule has 0 bridgehead atoms. The van der Waals surface area contributed by atoms with Crippen LogP contribution in [-0.4, -0.2) is 137 Å². The molecule has 24 heteroatoms. The molecular weight excluding hydrogens is 729 g/mol. The van der Waals surface area contributed by atoms with E-state index in [1.54, 1.807) is 0 Å². The van der Waals surface area contributed by atoms with Gasteiger partial charge in [-0.05, 0) is 32.1 Å². The van der Waals surface area contributed by atoms with Gasteiger partial charge in [0.15, 0.2) is 5.96 Å². The van der Waals surface area contributed by atoms with Crippen molar-refractivity contribution in [2.24, 2.45) is 33.7 Å². The molecule has 16 N–H and O–H groups in total. The van der Waals surface area contributed by atoms with Gasteiger partial charge in [0.05, 0.1) is 13.0 Å². The molecule has 0 aromatic rings. The van der Waals surface area contributed by atoms with Crippen LogP contribution < -0.4 is 55.3 Å². The molecule has 0 aliphatic carbocycles. The second kappa shape index (κ2) is 21.5. The highest BCUT2D eigenvalue weighted by atomic mass is 33.1. The van der Waals surface area contributed by atoms with E-state index in [0.717, 1.165) is 21.6 Å². The Balaban J connectivity index is 2.26. The Morgan fingerprint density at radius 2 is 1.56 bits per heavy atom.